The van der Waals surface area contributed by atoms with Crippen LogP contribution in [0.3, 0.4) is 0 Å². The quantitative estimate of drug-likeness (QED) is 0.761. The van der Waals surface area contributed by atoms with Crippen molar-refractivity contribution in [2.45, 2.75) is 19.0 Å². The van der Waals surface area contributed by atoms with Crippen LogP contribution < -0.4 is 10.6 Å². The predicted molar refractivity (Wildman–Crippen MR) is 94.3 cm³/mol. The summed E-state index contributed by atoms with van der Waals surface area (Å²) < 4.78 is 0. The van der Waals surface area contributed by atoms with E-state index >= 15 is 0 Å². The van der Waals surface area contributed by atoms with Crippen molar-refractivity contribution in [3.63, 3.8) is 0 Å². The second-order valence-electron chi connectivity index (χ2n) is 5.66. The Morgan fingerprint density at radius 2 is 2.35 bits per heavy atom. The molecular weight excluding hydrogens is 334 g/mol. The largest absolute Gasteiger partial charge is 0.349 e. The van der Waals surface area contributed by atoms with Crippen LogP contribution in [-0.4, -0.2) is 48.2 Å². The van der Waals surface area contributed by atoms with Gasteiger partial charge in [0.2, 0.25) is 0 Å². The summed E-state index contributed by atoms with van der Waals surface area (Å²) in [7, 11) is 4.05. The number of hydrogen-bond donors (Lipinski definition) is 3. The molecule has 0 fully saturated rings. The van der Waals surface area contributed by atoms with Crippen LogP contribution in [0.2, 0.25) is 0 Å². The number of H-pyrrole nitrogens is 1. The molecule has 0 saturated heterocycles. The standard InChI is InChI=1S/C15H21N5OS.ClH/c1-20(2)12(13-4-3-7-22-13)9-17-15(21)14-10-8-16-6-5-11(10)18-19-14;/h3-4,7,12,16H,5-6,8-9H2,1-2H3,(H,17,21)(H,18,19);1H. The first kappa shape index (κ1) is 17.9. The fourth-order valence-corrected chi connectivity index (χ4v) is 3.63. The maximum atomic E-state index is 12.4. The smallest absolute Gasteiger partial charge is 0.272 e. The van der Waals surface area contributed by atoms with Gasteiger partial charge in [-0.1, -0.05) is 6.07 Å². The van der Waals surface area contributed by atoms with E-state index in [4.69, 9.17) is 0 Å². The Labute approximate surface area is 146 Å². The number of rotatable bonds is 5. The zero-order valence-electron chi connectivity index (χ0n) is 13.3. The fourth-order valence-electron chi connectivity index (χ4n) is 2.70. The molecule has 1 amide bonds. The van der Waals surface area contributed by atoms with E-state index in [0.717, 1.165) is 24.2 Å². The maximum absolute atomic E-state index is 12.4. The number of aromatic nitrogens is 2. The fraction of sp³-hybridized carbons (Fsp3) is 0.467. The van der Waals surface area contributed by atoms with Gasteiger partial charge in [-0.05, 0) is 25.5 Å². The summed E-state index contributed by atoms with van der Waals surface area (Å²) in [5.41, 5.74) is 2.60. The number of halogens is 1. The number of carbonyl (C=O) groups is 1. The van der Waals surface area contributed by atoms with Crippen molar-refractivity contribution >= 4 is 29.7 Å². The molecule has 1 atom stereocenters. The minimum Gasteiger partial charge on any atom is -0.349 e. The van der Waals surface area contributed by atoms with Gasteiger partial charge in [0.1, 0.15) is 0 Å². The minimum atomic E-state index is -0.107. The zero-order chi connectivity index (χ0) is 15.5. The molecule has 3 heterocycles. The highest BCUT2D eigenvalue weighted by molar-refractivity contribution is 7.10. The molecule has 0 radical (unpaired) electrons. The second-order valence-corrected chi connectivity index (χ2v) is 6.64. The highest BCUT2D eigenvalue weighted by Crippen LogP contribution is 2.22. The average molecular weight is 356 g/mol. The molecule has 1 aliphatic rings. The second kappa shape index (κ2) is 7.92. The number of likely N-dealkylation sites (N-methyl/N-ethyl adjacent to an activating group) is 1. The van der Waals surface area contributed by atoms with Crippen molar-refractivity contribution in [3.05, 3.63) is 39.3 Å². The van der Waals surface area contributed by atoms with Crippen molar-refractivity contribution in [2.24, 2.45) is 0 Å². The number of carbonyl (C=O) groups excluding carboxylic acids is 1. The number of amides is 1. The molecule has 2 aromatic heterocycles. The van der Waals surface area contributed by atoms with E-state index in [9.17, 15) is 4.79 Å². The number of aromatic amines is 1. The lowest BCUT2D eigenvalue weighted by atomic mass is 10.1. The van der Waals surface area contributed by atoms with Crippen LogP contribution >= 0.6 is 23.7 Å². The molecule has 3 N–H and O–H groups in total. The first-order valence-corrected chi connectivity index (χ1v) is 8.29. The summed E-state index contributed by atoms with van der Waals surface area (Å²) in [6, 6.07) is 4.31. The van der Waals surface area contributed by atoms with E-state index in [1.165, 1.54) is 4.88 Å². The Bertz CT molecular complexity index is 640. The lowest BCUT2D eigenvalue weighted by Crippen LogP contribution is -2.35. The summed E-state index contributed by atoms with van der Waals surface area (Å²) in [5, 5.41) is 15.5. The molecule has 0 saturated carbocycles. The summed E-state index contributed by atoms with van der Waals surface area (Å²) >= 11 is 1.71. The molecule has 3 rings (SSSR count). The van der Waals surface area contributed by atoms with Gasteiger partial charge < -0.3 is 15.5 Å². The molecule has 2 aromatic rings. The summed E-state index contributed by atoms with van der Waals surface area (Å²) in [6.45, 7) is 2.20. The molecule has 1 unspecified atom stereocenters. The lowest BCUT2D eigenvalue weighted by Gasteiger charge is -2.23. The van der Waals surface area contributed by atoms with Gasteiger partial charge in [0.05, 0.1) is 6.04 Å². The number of nitrogens with one attached hydrogen (secondary N) is 3. The van der Waals surface area contributed by atoms with E-state index < -0.39 is 0 Å². The Morgan fingerprint density at radius 3 is 3.04 bits per heavy atom. The van der Waals surface area contributed by atoms with Crippen LogP contribution in [-0.2, 0) is 13.0 Å². The van der Waals surface area contributed by atoms with Crippen molar-refractivity contribution in [1.82, 2.24) is 25.7 Å². The lowest BCUT2D eigenvalue weighted by molar-refractivity contribution is 0.0936. The molecule has 0 spiro atoms. The minimum absolute atomic E-state index is 0. The highest BCUT2D eigenvalue weighted by Gasteiger charge is 2.23. The first-order chi connectivity index (χ1) is 10.7. The third-order valence-electron chi connectivity index (χ3n) is 3.97. The molecule has 0 aromatic carbocycles. The van der Waals surface area contributed by atoms with Gasteiger partial charge in [-0.15, -0.1) is 23.7 Å². The Morgan fingerprint density at radius 1 is 1.52 bits per heavy atom. The maximum Gasteiger partial charge on any atom is 0.272 e. The van der Waals surface area contributed by atoms with Crippen LogP contribution in [0.5, 0.6) is 0 Å². The number of thiophene rings is 1. The third kappa shape index (κ3) is 3.92. The number of fused-ring (bicyclic) bond motifs is 1. The molecule has 6 nitrogen and oxygen atoms in total. The highest BCUT2D eigenvalue weighted by atomic mass is 35.5. The number of nitrogens with zero attached hydrogens (tertiary/aromatic N) is 2. The van der Waals surface area contributed by atoms with Crippen molar-refractivity contribution in [1.29, 1.82) is 0 Å². The normalized spacial score (nSPS) is 14.9. The molecule has 8 heteroatoms. The monoisotopic (exact) mass is 355 g/mol. The molecule has 23 heavy (non-hydrogen) atoms. The molecule has 1 aliphatic heterocycles. The summed E-state index contributed by atoms with van der Waals surface area (Å²) in [4.78, 5) is 15.8. The van der Waals surface area contributed by atoms with Crippen LogP contribution in [0, 0.1) is 0 Å². The topological polar surface area (TPSA) is 73.0 Å². The SMILES string of the molecule is CN(C)C(CNC(=O)c1n[nH]c2c1CNCC2)c1cccs1.Cl. The molecular formula is C15H22ClN5OS. The van der Waals surface area contributed by atoms with Crippen LogP contribution in [0.1, 0.15) is 32.7 Å². The van der Waals surface area contributed by atoms with Gasteiger partial charge in [0.25, 0.3) is 5.91 Å². The van der Waals surface area contributed by atoms with E-state index in [2.05, 4.69) is 37.2 Å². The predicted octanol–water partition coefficient (Wildman–Crippen LogP) is 1.57. The van der Waals surface area contributed by atoms with Gasteiger partial charge in [-0.3, -0.25) is 9.89 Å². The number of hydrogen-bond acceptors (Lipinski definition) is 5. The third-order valence-corrected chi connectivity index (χ3v) is 4.95. The van der Waals surface area contributed by atoms with Crippen molar-refractivity contribution in [2.75, 3.05) is 27.2 Å². The zero-order valence-corrected chi connectivity index (χ0v) is 14.9. The Kier molecular flexibility index (Phi) is 6.17. The Balaban J connectivity index is 0.00000192. The summed E-state index contributed by atoms with van der Waals surface area (Å²) in [5.74, 6) is -0.107. The average Bonchev–Trinajstić information content (AvgIpc) is 3.16. The van der Waals surface area contributed by atoms with Crippen LogP contribution in [0.25, 0.3) is 0 Å². The first-order valence-electron chi connectivity index (χ1n) is 7.41. The van der Waals surface area contributed by atoms with Crippen LogP contribution in [0.4, 0.5) is 0 Å². The molecule has 0 aliphatic carbocycles. The van der Waals surface area contributed by atoms with Crippen molar-refractivity contribution in [3.8, 4) is 0 Å². The van der Waals surface area contributed by atoms with Gasteiger partial charge in [-0.2, -0.15) is 5.10 Å². The van der Waals surface area contributed by atoms with Gasteiger partial charge in [0.15, 0.2) is 5.69 Å². The van der Waals surface area contributed by atoms with Gasteiger partial charge in [-0.25, -0.2) is 0 Å². The van der Waals surface area contributed by atoms with Gasteiger partial charge in [0, 0.05) is 42.2 Å². The van der Waals surface area contributed by atoms with E-state index in [-0.39, 0.29) is 24.4 Å². The van der Waals surface area contributed by atoms with Crippen molar-refractivity contribution < 1.29 is 4.79 Å². The van der Waals surface area contributed by atoms with Gasteiger partial charge >= 0.3 is 0 Å². The van der Waals surface area contributed by atoms with E-state index in [1.807, 2.05) is 20.2 Å². The Hall–Kier alpha value is -1.41. The van der Waals surface area contributed by atoms with E-state index in [1.54, 1.807) is 11.3 Å². The van der Waals surface area contributed by atoms with Crippen LogP contribution in [0.15, 0.2) is 17.5 Å². The van der Waals surface area contributed by atoms with E-state index in [0.29, 0.717) is 18.8 Å². The molecule has 126 valence electrons. The summed E-state index contributed by atoms with van der Waals surface area (Å²) in [6.07, 6.45) is 0.894. The molecule has 0 bridgehead atoms.